The molecule has 0 saturated carbocycles. The van der Waals surface area contributed by atoms with Crippen molar-refractivity contribution in [3.05, 3.63) is 23.3 Å². The average molecular weight is 140 g/mol. The quantitative estimate of drug-likeness (QED) is 0.596. The van der Waals surface area contributed by atoms with Gasteiger partial charge in [0.1, 0.15) is 0 Å². The Morgan fingerprint density at radius 2 is 1.80 bits per heavy atom. The van der Waals surface area contributed by atoms with E-state index in [1.54, 1.807) is 0 Å². The first-order valence-electron chi connectivity index (χ1n) is 3.58. The predicted molar refractivity (Wildman–Crippen MR) is 44.9 cm³/mol. The standard InChI is InChI=1S/C9H16O/c1-8(2)4-5-9(3)6-7-10/h4-5,10H,6-7H2,1-3H3/b9-5+. The molecule has 0 saturated heterocycles. The van der Waals surface area contributed by atoms with Gasteiger partial charge in [0.05, 0.1) is 0 Å². The van der Waals surface area contributed by atoms with Crippen molar-refractivity contribution in [2.45, 2.75) is 27.2 Å². The van der Waals surface area contributed by atoms with E-state index in [4.69, 9.17) is 5.11 Å². The molecule has 0 radical (unpaired) electrons. The number of allylic oxidation sites excluding steroid dienone is 3. The molecule has 0 aromatic heterocycles. The van der Waals surface area contributed by atoms with E-state index in [0.29, 0.717) is 0 Å². The van der Waals surface area contributed by atoms with Crippen LogP contribution < -0.4 is 0 Å². The predicted octanol–water partition coefficient (Wildman–Crippen LogP) is 2.28. The molecule has 0 rings (SSSR count). The third-order valence-corrected chi connectivity index (χ3v) is 1.21. The lowest BCUT2D eigenvalue weighted by Crippen LogP contribution is -1.82. The van der Waals surface area contributed by atoms with Gasteiger partial charge in [-0.05, 0) is 27.2 Å². The van der Waals surface area contributed by atoms with Gasteiger partial charge in [-0.25, -0.2) is 0 Å². The van der Waals surface area contributed by atoms with Gasteiger partial charge in [-0.2, -0.15) is 0 Å². The van der Waals surface area contributed by atoms with E-state index in [1.807, 2.05) is 13.0 Å². The van der Waals surface area contributed by atoms with Gasteiger partial charge in [-0.3, -0.25) is 0 Å². The van der Waals surface area contributed by atoms with E-state index >= 15 is 0 Å². The Morgan fingerprint density at radius 1 is 1.20 bits per heavy atom. The fourth-order valence-electron chi connectivity index (χ4n) is 0.569. The van der Waals surface area contributed by atoms with E-state index in [2.05, 4.69) is 19.9 Å². The van der Waals surface area contributed by atoms with Gasteiger partial charge >= 0.3 is 0 Å². The van der Waals surface area contributed by atoms with Gasteiger partial charge in [0.25, 0.3) is 0 Å². The summed E-state index contributed by atoms with van der Waals surface area (Å²) in [5, 5.41) is 8.54. The summed E-state index contributed by atoms with van der Waals surface area (Å²) in [5.41, 5.74) is 2.51. The SMILES string of the molecule is CC(C)=C/C=C(\C)CCO. The van der Waals surface area contributed by atoms with Gasteiger partial charge < -0.3 is 5.11 Å². The molecule has 0 bridgehead atoms. The van der Waals surface area contributed by atoms with Crippen LogP contribution in [0.25, 0.3) is 0 Å². The minimum Gasteiger partial charge on any atom is -0.396 e. The third-order valence-electron chi connectivity index (χ3n) is 1.21. The van der Waals surface area contributed by atoms with E-state index in [-0.39, 0.29) is 6.61 Å². The van der Waals surface area contributed by atoms with Crippen LogP contribution in [0.4, 0.5) is 0 Å². The van der Waals surface area contributed by atoms with Gasteiger partial charge in [0, 0.05) is 6.61 Å². The molecule has 0 aliphatic heterocycles. The molecular formula is C9H16O. The van der Waals surface area contributed by atoms with Crippen LogP contribution in [0.15, 0.2) is 23.3 Å². The van der Waals surface area contributed by atoms with Crippen LogP contribution in [0.3, 0.4) is 0 Å². The second kappa shape index (κ2) is 5.24. The van der Waals surface area contributed by atoms with Crippen LogP contribution in [0.2, 0.25) is 0 Å². The van der Waals surface area contributed by atoms with Gasteiger partial charge in [-0.15, -0.1) is 0 Å². The van der Waals surface area contributed by atoms with Crippen molar-refractivity contribution in [2.24, 2.45) is 0 Å². The fourth-order valence-corrected chi connectivity index (χ4v) is 0.569. The first-order chi connectivity index (χ1) is 4.66. The molecule has 0 aromatic carbocycles. The molecule has 1 nitrogen and oxygen atoms in total. The maximum absolute atomic E-state index is 8.54. The van der Waals surface area contributed by atoms with Crippen LogP contribution in [0.5, 0.6) is 0 Å². The van der Waals surface area contributed by atoms with E-state index in [9.17, 15) is 0 Å². The van der Waals surface area contributed by atoms with Crippen molar-refractivity contribution in [2.75, 3.05) is 6.61 Å². The van der Waals surface area contributed by atoms with E-state index in [1.165, 1.54) is 11.1 Å². The molecule has 0 aliphatic rings. The number of aliphatic hydroxyl groups excluding tert-OH is 1. The normalized spacial score (nSPS) is 11.4. The minimum atomic E-state index is 0.249. The molecule has 0 amide bonds. The molecule has 0 aromatic rings. The summed E-state index contributed by atoms with van der Waals surface area (Å²) in [5.74, 6) is 0. The maximum atomic E-state index is 8.54. The zero-order valence-corrected chi connectivity index (χ0v) is 7.02. The van der Waals surface area contributed by atoms with Gasteiger partial charge in [0.15, 0.2) is 0 Å². The van der Waals surface area contributed by atoms with E-state index < -0.39 is 0 Å². The second-order valence-electron chi connectivity index (χ2n) is 2.73. The van der Waals surface area contributed by atoms with Crippen molar-refractivity contribution in [1.29, 1.82) is 0 Å². The lowest BCUT2D eigenvalue weighted by molar-refractivity contribution is 0.299. The molecule has 0 aliphatic carbocycles. The highest BCUT2D eigenvalue weighted by atomic mass is 16.2. The van der Waals surface area contributed by atoms with Gasteiger partial charge in [-0.1, -0.05) is 23.3 Å². The average Bonchev–Trinajstić information content (AvgIpc) is 1.85. The summed E-state index contributed by atoms with van der Waals surface area (Å²) >= 11 is 0. The Balaban J connectivity index is 3.79. The lowest BCUT2D eigenvalue weighted by Gasteiger charge is -1.93. The molecule has 58 valence electrons. The van der Waals surface area contributed by atoms with Crippen LogP contribution in [-0.4, -0.2) is 11.7 Å². The summed E-state index contributed by atoms with van der Waals surface area (Å²) < 4.78 is 0. The third kappa shape index (κ3) is 5.57. The van der Waals surface area contributed by atoms with Crippen molar-refractivity contribution in [3.63, 3.8) is 0 Å². The van der Waals surface area contributed by atoms with Crippen molar-refractivity contribution < 1.29 is 5.11 Å². The zero-order valence-electron chi connectivity index (χ0n) is 7.02. The minimum absolute atomic E-state index is 0.249. The van der Waals surface area contributed by atoms with Gasteiger partial charge in [0.2, 0.25) is 0 Å². The first-order valence-corrected chi connectivity index (χ1v) is 3.58. The lowest BCUT2D eigenvalue weighted by atomic mass is 10.2. The van der Waals surface area contributed by atoms with Crippen molar-refractivity contribution >= 4 is 0 Å². The second-order valence-corrected chi connectivity index (χ2v) is 2.73. The summed E-state index contributed by atoms with van der Waals surface area (Å²) in [7, 11) is 0. The Kier molecular flexibility index (Phi) is 4.95. The van der Waals surface area contributed by atoms with Crippen LogP contribution in [0.1, 0.15) is 27.2 Å². The van der Waals surface area contributed by atoms with Crippen LogP contribution in [-0.2, 0) is 0 Å². The summed E-state index contributed by atoms with van der Waals surface area (Å²) in [6.45, 7) is 6.39. The number of hydrogen-bond acceptors (Lipinski definition) is 1. The monoisotopic (exact) mass is 140 g/mol. The fraction of sp³-hybridized carbons (Fsp3) is 0.556. The summed E-state index contributed by atoms with van der Waals surface area (Å²) in [4.78, 5) is 0. The number of hydrogen-bond donors (Lipinski definition) is 1. The molecule has 0 atom stereocenters. The summed E-state index contributed by atoms with van der Waals surface area (Å²) in [6.07, 6.45) is 4.89. The molecule has 1 heteroatoms. The Hall–Kier alpha value is -0.560. The molecule has 0 fully saturated rings. The molecular weight excluding hydrogens is 124 g/mol. The van der Waals surface area contributed by atoms with Crippen molar-refractivity contribution in [3.8, 4) is 0 Å². The largest absolute Gasteiger partial charge is 0.396 e. The maximum Gasteiger partial charge on any atom is 0.0468 e. The highest BCUT2D eigenvalue weighted by Crippen LogP contribution is 2.00. The first kappa shape index (κ1) is 9.44. The molecule has 0 heterocycles. The Labute approximate surface area is 63.1 Å². The molecule has 0 spiro atoms. The van der Waals surface area contributed by atoms with E-state index in [0.717, 1.165) is 6.42 Å². The van der Waals surface area contributed by atoms with Crippen LogP contribution in [0, 0.1) is 0 Å². The smallest absolute Gasteiger partial charge is 0.0468 e. The van der Waals surface area contributed by atoms with Crippen molar-refractivity contribution in [1.82, 2.24) is 0 Å². The molecule has 1 N–H and O–H groups in total. The highest BCUT2D eigenvalue weighted by Gasteiger charge is 1.83. The Bertz CT molecular complexity index is 139. The molecule has 0 unspecified atom stereocenters. The number of aliphatic hydroxyl groups is 1. The Morgan fingerprint density at radius 3 is 2.20 bits per heavy atom. The topological polar surface area (TPSA) is 20.2 Å². The van der Waals surface area contributed by atoms with Crippen LogP contribution >= 0.6 is 0 Å². The highest BCUT2D eigenvalue weighted by molar-refractivity contribution is 5.13. The summed E-state index contributed by atoms with van der Waals surface area (Å²) in [6, 6.07) is 0. The zero-order chi connectivity index (χ0) is 7.98. The molecule has 10 heavy (non-hydrogen) atoms. The number of rotatable bonds is 3.